The van der Waals surface area contributed by atoms with Crippen molar-refractivity contribution < 1.29 is 4.79 Å². The SMILES string of the molecule is NCc1ccccc1NC(=O)N1CCCC2(CCCc3ccccc32)C1. The van der Waals surface area contributed by atoms with Crippen molar-refractivity contribution in [3.8, 4) is 0 Å². The molecule has 2 amide bonds. The summed E-state index contributed by atoms with van der Waals surface area (Å²) in [5, 5.41) is 3.08. The van der Waals surface area contributed by atoms with Crippen LogP contribution in [0, 0.1) is 0 Å². The summed E-state index contributed by atoms with van der Waals surface area (Å²) >= 11 is 0. The highest BCUT2D eigenvalue weighted by Crippen LogP contribution is 2.43. The molecular weight excluding hydrogens is 322 g/mol. The third kappa shape index (κ3) is 3.10. The lowest BCUT2D eigenvalue weighted by Crippen LogP contribution is -2.51. The van der Waals surface area contributed by atoms with Gasteiger partial charge in [0.25, 0.3) is 0 Å². The van der Waals surface area contributed by atoms with Crippen molar-refractivity contribution >= 4 is 11.7 Å². The van der Waals surface area contributed by atoms with Crippen LogP contribution in [0.3, 0.4) is 0 Å². The Bertz CT molecular complexity index is 803. The molecule has 0 bridgehead atoms. The zero-order valence-corrected chi connectivity index (χ0v) is 15.2. The number of amides is 2. The van der Waals surface area contributed by atoms with Gasteiger partial charge in [0.15, 0.2) is 0 Å². The molecule has 2 aliphatic rings. The Labute approximate surface area is 155 Å². The first-order valence-corrected chi connectivity index (χ1v) is 9.64. The largest absolute Gasteiger partial charge is 0.326 e. The fraction of sp³-hybridized carbons (Fsp3) is 0.409. The average Bonchev–Trinajstić information content (AvgIpc) is 2.69. The molecule has 0 radical (unpaired) electrons. The average molecular weight is 349 g/mol. The summed E-state index contributed by atoms with van der Waals surface area (Å²) in [5.41, 5.74) is 10.6. The van der Waals surface area contributed by atoms with Crippen molar-refractivity contribution in [3.05, 3.63) is 65.2 Å². The monoisotopic (exact) mass is 349 g/mol. The second-order valence-corrected chi connectivity index (χ2v) is 7.61. The summed E-state index contributed by atoms with van der Waals surface area (Å²) in [4.78, 5) is 14.9. The Balaban J connectivity index is 1.55. The predicted molar refractivity (Wildman–Crippen MR) is 105 cm³/mol. The van der Waals surface area contributed by atoms with Crippen LogP contribution in [0.25, 0.3) is 0 Å². The minimum atomic E-state index is -0.00645. The second kappa shape index (κ2) is 7.12. The van der Waals surface area contributed by atoms with Crippen molar-refractivity contribution in [1.29, 1.82) is 0 Å². The number of aryl methyl sites for hydroxylation is 1. The highest BCUT2D eigenvalue weighted by molar-refractivity contribution is 5.90. The number of carbonyl (C=O) groups is 1. The summed E-state index contributed by atoms with van der Waals surface area (Å²) in [6.07, 6.45) is 5.77. The van der Waals surface area contributed by atoms with Gasteiger partial charge < -0.3 is 16.0 Å². The standard InChI is InChI=1S/C22H27N3O/c23-15-18-8-2-4-11-20(18)24-21(26)25-14-6-13-22(16-25)12-5-9-17-7-1-3-10-19(17)22/h1-4,7-8,10-11H,5-6,9,12-16,23H2,(H,24,26). The molecule has 4 heteroatoms. The highest BCUT2D eigenvalue weighted by atomic mass is 16.2. The molecule has 4 nitrogen and oxygen atoms in total. The molecule has 1 saturated heterocycles. The van der Waals surface area contributed by atoms with E-state index in [9.17, 15) is 4.79 Å². The van der Waals surface area contributed by atoms with E-state index in [1.54, 1.807) is 0 Å². The first kappa shape index (κ1) is 17.1. The molecule has 1 fully saturated rings. The number of urea groups is 1. The molecule has 2 aromatic carbocycles. The van der Waals surface area contributed by atoms with E-state index in [-0.39, 0.29) is 11.4 Å². The van der Waals surface area contributed by atoms with Crippen LogP contribution in [0.1, 0.15) is 42.4 Å². The van der Waals surface area contributed by atoms with Gasteiger partial charge in [-0.2, -0.15) is 0 Å². The number of anilines is 1. The fourth-order valence-corrected chi connectivity index (χ4v) is 4.75. The van der Waals surface area contributed by atoms with E-state index in [1.165, 1.54) is 30.4 Å². The lowest BCUT2D eigenvalue weighted by molar-refractivity contribution is 0.148. The van der Waals surface area contributed by atoms with Crippen molar-refractivity contribution in [2.24, 2.45) is 5.73 Å². The third-order valence-corrected chi connectivity index (χ3v) is 6.03. The number of nitrogens with one attached hydrogen (secondary N) is 1. The molecule has 1 unspecified atom stereocenters. The quantitative estimate of drug-likeness (QED) is 0.859. The number of likely N-dealkylation sites (tertiary alicyclic amines) is 1. The number of para-hydroxylation sites is 1. The first-order valence-electron chi connectivity index (χ1n) is 9.64. The molecular formula is C22H27N3O. The van der Waals surface area contributed by atoms with E-state index in [1.807, 2.05) is 29.2 Å². The minimum absolute atomic E-state index is 0.00645. The molecule has 1 atom stereocenters. The summed E-state index contributed by atoms with van der Waals surface area (Å²) in [7, 11) is 0. The van der Waals surface area contributed by atoms with Crippen LogP contribution in [0.5, 0.6) is 0 Å². The van der Waals surface area contributed by atoms with E-state index >= 15 is 0 Å². The van der Waals surface area contributed by atoms with E-state index in [0.717, 1.165) is 37.2 Å². The van der Waals surface area contributed by atoms with Crippen LogP contribution in [0.15, 0.2) is 48.5 Å². The van der Waals surface area contributed by atoms with Crippen molar-refractivity contribution in [2.75, 3.05) is 18.4 Å². The van der Waals surface area contributed by atoms with Crippen LogP contribution in [0.4, 0.5) is 10.5 Å². The number of fused-ring (bicyclic) bond motifs is 2. The smallest absolute Gasteiger partial charge is 0.321 e. The summed E-state index contributed by atoms with van der Waals surface area (Å²) in [6.45, 7) is 2.05. The Morgan fingerprint density at radius 3 is 2.73 bits per heavy atom. The van der Waals surface area contributed by atoms with E-state index in [4.69, 9.17) is 5.73 Å². The maximum absolute atomic E-state index is 12.9. The number of nitrogens with two attached hydrogens (primary N) is 1. The molecule has 2 aromatic rings. The molecule has 1 spiro atoms. The predicted octanol–water partition coefficient (Wildman–Crippen LogP) is 4.05. The topological polar surface area (TPSA) is 58.4 Å². The Hall–Kier alpha value is -2.33. The highest BCUT2D eigenvalue weighted by Gasteiger charge is 2.41. The molecule has 3 N–H and O–H groups in total. The van der Waals surface area contributed by atoms with E-state index in [2.05, 4.69) is 29.6 Å². The molecule has 0 aromatic heterocycles. The van der Waals surface area contributed by atoms with Gasteiger partial charge in [0.1, 0.15) is 0 Å². The molecule has 4 rings (SSSR count). The second-order valence-electron chi connectivity index (χ2n) is 7.61. The van der Waals surface area contributed by atoms with Gasteiger partial charge in [-0.25, -0.2) is 4.79 Å². The lowest BCUT2D eigenvalue weighted by Gasteiger charge is -2.46. The van der Waals surface area contributed by atoms with E-state index < -0.39 is 0 Å². The number of carbonyl (C=O) groups excluding carboxylic acids is 1. The van der Waals surface area contributed by atoms with Crippen molar-refractivity contribution in [2.45, 2.75) is 44.1 Å². The zero-order valence-electron chi connectivity index (χ0n) is 15.2. The fourth-order valence-electron chi connectivity index (χ4n) is 4.75. The summed E-state index contributed by atoms with van der Waals surface area (Å²) in [6, 6.07) is 16.6. The Kier molecular flexibility index (Phi) is 4.68. The third-order valence-electron chi connectivity index (χ3n) is 6.03. The van der Waals surface area contributed by atoms with Gasteiger partial charge >= 0.3 is 6.03 Å². The number of piperidine rings is 1. The molecule has 1 aliphatic carbocycles. The van der Waals surface area contributed by atoms with Gasteiger partial charge in [-0.05, 0) is 54.9 Å². The van der Waals surface area contributed by atoms with Crippen LogP contribution in [-0.4, -0.2) is 24.0 Å². The van der Waals surface area contributed by atoms with Gasteiger partial charge in [0.2, 0.25) is 0 Å². The zero-order chi connectivity index (χ0) is 18.0. The number of rotatable bonds is 2. The molecule has 1 heterocycles. The Morgan fingerprint density at radius 2 is 1.85 bits per heavy atom. The first-order chi connectivity index (χ1) is 12.7. The minimum Gasteiger partial charge on any atom is -0.326 e. The molecule has 136 valence electrons. The van der Waals surface area contributed by atoms with Crippen molar-refractivity contribution in [1.82, 2.24) is 4.90 Å². The van der Waals surface area contributed by atoms with E-state index in [0.29, 0.717) is 6.54 Å². The number of hydrogen-bond acceptors (Lipinski definition) is 2. The maximum atomic E-state index is 12.9. The number of nitrogens with zero attached hydrogens (tertiary/aromatic N) is 1. The number of hydrogen-bond donors (Lipinski definition) is 2. The van der Waals surface area contributed by atoms with Crippen LogP contribution >= 0.6 is 0 Å². The summed E-state index contributed by atoms with van der Waals surface area (Å²) < 4.78 is 0. The Morgan fingerprint density at radius 1 is 1.08 bits per heavy atom. The van der Waals surface area contributed by atoms with Crippen LogP contribution in [-0.2, 0) is 18.4 Å². The lowest BCUT2D eigenvalue weighted by atomic mass is 9.66. The summed E-state index contributed by atoms with van der Waals surface area (Å²) in [5.74, 6) is 0. The van der Waals surface area contributed by atoms with Crippen LogP contribution in [0.2, 0.25) is 0 Å². The molecule has 26 heavy (non-hydrogen) atoms. The normalized spacial score (nSPS) is 22.1. The van der Waals surface area contributed by atoms with Gasteiger partial charge in [0.05, 0.1) is 0 Å². The van der Waals surface area contributed by atoms with Crippen LogP contribution < -0.4 is 11.1 Å². The van der Waals surface area contributed by atoms with Gasteiger partial charge in [-0.1, -0.05) is 42.5 Å². The van der Waals surface area contributed by atoms with Gasteiger partial charge in [-0.3, -0.25) is 0 Å². The maximum Gasteiger partial charge on any atom is 0.321 e. The number of benzene rings is 2. The molecule has 0 saturated carbocycles. The molecule has 1 aliphatic heterocycles. The van der Waals surface area contributed by atoms with Gasteiger partial charge in [0, 0.05) is 30.7 Å². The van der Waals surface area contributed by atoms with Crippen molar-refractivity contribution in [3.63, 3.8) is 0 Å². The van der Waals surface area contributed by atoms with Gasteiger partial charge in [-0.15, -0.1) is 0 Å².